The Labute approximate surface area is 135 Å². The third kappa shape index (κ3) is 9.54. The molecule has 0 aliphatic carbocycles. The molecule has 0 radical (unpaired) electrons. The number of aromatic nitrogens is 1. The van der Waals surface area contributed by atoms with Gasteiger partial charge in [0.15, 0.2) is 0 Å². The average molecular weight is 305 g/mol. The van der Waals surface area contributed by atoms with Gasteiger partial charge < -0.3 is 4.74 Å². The van der Waals surface area contributed by atoms with Crippen LogP contribution in [0.2, 0.25) is 0 Å². The fourth-order valence-corrected chi connectivity index (χ4v) is 2.50. The van der Waals surface area contributed by atoms with Crippen LogP contribution in [0, 0.1) is 0 Å². The Hall–Kier alpha value is -1.38. The summed E-state index contributed by atoms with van der Waals surface area (Å²) >= 11 is 0. The van der Waals surface area contributed by atoms with Crippen molar-refractivity contribution < 1.29 is 9.53 Å². The summed E-state index contributed by atoms with van der Waals surface area (Å²) in [6.07, 6.45) is 17.5. The van der Waals surface area contributed by atoms with Gasteiger partial charge in [0.2, 0.25) is 0 Å². The summed E-state index contributed by atoms with van der Waals surface area (Å²) < 4.78 is 5.23. The summed E-state index contributed by atoms with van der Waals surface area (Å²) in [6, 6.07) is 3.48. The van der Waals surface area contributed by atoms with Crippen molar-refractivity contribution in [3.63, 3.8) is 0 Å². The molecule has 0 atom stereocenters. The van der Waals surface area contributed by atoms with Crippen LogP contribution in [0.15, 0.2) is 24.5 Å². The van der Waals surface area contributed by atoms with E-state index in [2.05, 4.69) is 11.9 Å². The number of carbonyl (C=O) groups is 1. The molecule has 1 aromatic heterocycles. The Morgan fingerprint density at radius 1 is 0.955 bits per heavy atom. The highest BCUT2D eigenvalue weighted by molar-refractivity contribution is 5.88. The van der Waals surface area contributed by atoms with E-state index in [0.29, 0.717) is 12.2 Å². The lowest BCUT2D eigenvalue weighted by Crippen LogP contribution is -2.06. The Morgan fingerprint density at radius 3 is 2.09 bits per heavy atom. The SMILES string of the molecule is CCCCCCCCCCCCCOC(=O)c1cccnc1. The second-order valence-electron chi connectivity index (χ2n) is 5.91. The van der Waals surface area contributed by atoms with Crippen LogP contribution >= 0.6 is 0 Å². The van der Waals surface area contributed by atoms with E-state index in [4.69, 9.17) is 4.74 Å². The normalized spacial score (nSPS) is 10.6. The molecule has 0 aromatic carbocycles. The van der Waals surface area contributed by atoms with E-state index in [1.54, 1.807) is 24.5 Å². The van der Waals surface area contributed by atoms with Gasteiger partial charge in [0.25, 0.3) is 0 Å². The van der Waals surface area contributed by atoms with Gasteiger partial charge in [-0.05, 0) is 18.6 Å². The first kappa shape index (κ1) is 18.7. The third-order valence-corrected chi connectivity index (χ3v) is 3.88. The average Bonchev–Trinajstić information content (AvgIpc) is 2.56. The predicted octanol–water partition coefficient (Wildman–Crippen LogP) is 5.55. The lowest BCUT2D eigenvalue weighted by atomic mass is 10.1. The zero-order valence-electron chi connectivity index (χ0n) is 14.1. The molecule has 3 nitrogen and oxygen atoms in total. The number of esters is 1. The molecule has 22 heavy (non-hydrogen) atoms. The molecule has 0 saturated heterocycles. The Balaban J connectivity index is 1.85. The molecule has 0 aliphatic rings. The van der Waals surface area contributed by atoms with Crippen molar-refractivity contribution in [2.24, 2.45) is 0 Å². The van der Waals surface area contributed by atoms with Crippen LogP contribution in [-0.4, -0.2) is 17.6 Å². The van der Waals surface area contributed by atoms with Crippen molar-refractivity contribution in [2.75, 3.05) is 6.61 Å². The summed E-state index contributed by atoms with van der Waals surface area (Å²) in [5.74, 6) is -0.264. The summed E-state index contributed by atoms with van der Waals surface area (Å²) in [4.78, 5) is 15.6. The molecule has 1 heterocycles. The second-order valence-corrected chi connectivity index (χ2v) is 5.91. The minimum Gasteiger partial charge on any atom is -0.462 e. The standard InChI is InChI=1S/C19H31NO2/c1-2-3-4-5-6-7-8-9-10-11-12-16-22-19(21)18-14-13-15-20-17-18/h13-15,17H,2-12,16H2,1H3. The van der Waals surface area contributed by atoms with Crippen molar-refractivity contribution in [2.45, 2.75) is 77.6 Å². The molecule has 0 aliphatic heterocycles. The Bertz CT molecular complexity index is 378. The molecule has 1 aromatic rings. The number of nitrogens with zero attached hydrogens (tertiary/aromatic N) is 1. The van der Waals surface area contributed by atoms with Crippen molar-refractivity contribution in [3.8, 4) is 0 Å². The van der Waals surface area contributed by atoms with Gasteiger partial charge >= 0.3 is 5.97 Å². The van der Waals surface area contributed by atoms with Crippen molar-refractivity contribution in [1.82, 2.24) is 4.98 Å². The van der Waals surface area contributed by atoms with Crippen LogP contribution in [-0.2, 0) is 4.74 Å². The molecule has 3 heteroatoms. The lowest BCUT2D eigenvalue weighted by Gasteiger charge is -2.05. The maximum Gasteiger partial charge on any atom is 0.339 e. The van der Waals surface area contributed by atoms with E-state index in [-0.39, 0.29) is 5.97 Å². The molecular weight excluding hydrogens is 274 g/mol. The molecule has 0 amide bonds. The van der Waals surface area contributed by atoms with Crippen molar-refractivity contribution in [1.29, 1.82) is 0 Å². The van der Waals surface area contributed by atoms with Gasteiger partial charge in [-0.25, -0.2) is 4.79 Å². The molecule has 0 saturated carbocycles. The maximum atomic E-state index is 11.7. The number of rotatable bonds is 13. The van der Waals surface area contributed by atoms with Gasteiger partial charge in [-0.15, -0.1) is 0 Å². The first-order valence-corrected chi connectivity index (χ1v) is 8.91. The van der Waals surface area contributed by atoms with Crippen LogP contribution in [0.25, 0.3) is 0 Å². The molecule has 0 spiro atoms. The van der Waals surface area contributed by atoms with E-state index >= 15 is 0 Å². The van der Waals surface area contributed by atoms with Gasteiger partial charge in [0.1, 0.15) is 0 Å². The van der Waals surface area contributed by atoms with E-state index in [1.165, 1.54) is 57.8 Å². The summed E-state index contributed by atoms with van der Waals surface area (Å²) in [5, 5.41) is 0. The van der Waals surface area contributed by atoms with Crippen LogP contribution in [0.3, 0.4) is 0 Å². The lowest BCUT2D eigenvalue weighted by molar-refractivity contribution is 0.0497. The van der Waals surface area contributed by atoms with Crippen LogP contribution in [0.4, 0.5) is 0 Å². The maximum absolute atomic E-state index is 11.7. The number of hydrogen-bond donors (Lipinski definition) is 0. The zero-order valence-corrected chi connectivity index (χ0v) is 14.1. The summed E-state index contributed by atoms with van der Waals surface area (Å²) in [7, 11) is 0. The van der Waals surface area contributed by atoms with E-state index in [9.17, 15) is 4.79 Å². The summed E-state index contributed by atoms with van der Waals surface area (Å²) in [6.45, 7) is 2.78. The molecule has 124 valence electrons. The van der Waals surface area contributed by atoms with Crippen molar-refractivity contribution >= 4 is 5.97 Å². The Morgan fingerprint density at radius 2 is 1.55 bits per heavy atom. The van der Waals surface area contributed by atoms with E-state index in [0.717, 1.165) is 12.8 Å². The van der Waals surface area contributed by atoms with Gasteiger partial charge in [0.05, 0.1) is 12.2 Å². The highest BCUT2D eigenvalue weighted by Crippen LogP contribution is 2.11. The minimum absolute atomic E-state index is 0.264. The molecule has 1 rings (SSSR count). The number of unbranched alkanes of at least 4 members (excludes halogenated alkanes) is 10. The first-order chi connectivity index (χ1) is 10.8. The van der Waals surface area contributed by atoms with Crippen LogP contribution in [0.1, 0.15) is 87.9 Å². The zero-order chi connectivity index (χ0) is 15.9. The first-order valence-electron chi connectivity index (χ1n) is 8.91. The molecule has 0 N–H and O–H groups in total. The van der Waals surface area contributed by atoms with Crippen LogP contribution < -0.4 is 0 Å². The van der Waals surface area contributed by atoms with E-state index in [1.807, 2.05) is 0 Å². The van der Waals surface area contributed by atoms with Crippen molar-refractivity contribution in [3.05, 3.63) is 30.1 Å². The quantitative estimate of drug-likeness (QED) is 0.354. The third-order valence-electron chi connectivity index (χ3n) is 3.88. The van der Waals surface area contributed by atoms with E-state index < -0.39 is 0 Å². The minimum atomic E-state index is -0.264. The van der Waals surface area contributed by atoms with Gasteiger partial charge in [-0.3, -0.25) is 4.98 Å². The number of ether oxygens (including phenoxy) is 1. The topological polar surface area (TPSA) is 39.2 Å². The van der Waals surface area contributed by atoms with Gasteiger partial charge in [-0.2, -0.15) is 0 Å². The van der Waals surface area contributed by atoms with Gasteiger partial charge in [-0.1, -0.05) is 71.1 Å². The molecule has 0 unspecified atom stereocenters. The fraction of sp³-hybridized carbons (Fsp3) is 0.684. The summed E-state index contributed by atoms with van der Waals surface area (Å²) in [5.41, 5.74) is 0.533. The molecule has 0 fully saturated rings. The number of pyridine rings is 1. The smallest absolute Gasteiger partial charge is 0.339 e. The largest absolute Gasteiger partial charge is 0.462 e. The van der Waals surface area contributed by atoms with Crippen LogP contribution in [0.5, 0.6) is 0 Å². The Kier molecular flexibility index (Phi) is 11.3. The molecule has 0 bridgehead atoms. The predicted molar refractivity (Wildman–Crippen MR) is 91.0 cm³/mol. The number of hydrogen-bond acceptors (Lipinski definition) is 3. The molecular formula is C19H31NO2. The second kappa shape index (κ2) is 13.3. The van der Waals surface area contributed by atoms with Gasteiger partial charge in [0, 0.05) is 12.4 Å². The highest BCUT2D eigenvalue weighted by atomic mass is 16.5. The fourth-order valence-electron chi connectivity index (χ4n) is 2.50. The highest BCUT2D eigenvalue weighted by Gasteiger charge is 2.05. The number of carbonyl (C=O) groups excluding carboxylic acids is 1. The monoisotopic (exact) mass is 305 g/mol.